The van der Waals surface area contributed by atoms with Crippen LogP contribution < -0.4 is 4.74 Å². The van der Waals surface area contributed by atoms with Gasteiger partial charge in [-0.2, -0.15) is 0 Å². The Bertz CT molecular complexity index is 649. The monoisotopic (exact) mass is 391 g/mol. The molecule has 154 valence electrons. The van der Waals surface area contributed by atoms with Crippen molar-refractivity contribution in [1.29, 1.82) is 0 Å². The third kappa shape index (κ3) is 7.29. The zero-order chi connectivity index (χ0) is 20.4. The Morgan fingerprint density at radius 2 is 1.68 bits per heavy atom. The Kier molecular flexibility index (Phi) is 8.91. The standard InChI is InChI=1S/C21H29NO6/c1-2-3-4-5-6-7-20(23)27-18-12-8-16(9-13-18)21(24)28-19-14-10-17(11-15-19)22(25)26/h10-11,14-16,18H,2-9,12-13H2,1H3. The minimum absolute atomic E-state index is 0.0486. The molecule has 0 heterocycles. The Morgan fingerprint density at radius 1 is 1.04 bits per heavy atom. The Morgan fingerprint density at radius 3 is 2.29 bits per heavy atom. The van der Waals surface area contributed by atoms with Gasteiger partial charge in [0.2, 0.25) is 0 Å². The van der Waals surface area contributed by atoms with E-state index in [2.05, 4.69) is 6.92 Å². The van der Waals surface area contributed by atoms with Crippen molar-refractivity contribution in [2.24, 2.45) is 5.92 Å². The summed E-state index contributed by atoms with van der Waals surface area (Å²) in [6, 6.07) is 5.45. The molecule has 0 atom stereocenters. The molecule has 0 aliphatic heterocycles. The van der Waals surface area contributed by atoms with Crippen LogP contribution in [0.15, 0.2) is 24.3 Å². The Balaban J connectivity index is 1.67. The molecular weight excluding hydrogens is 362 g/mol. The van der Waals surface area contributed by atoms with E-state index in [4.69, 9.17) is 9.47 Å². The smallest absolute Gasteiger partial charge is 0.314 e. The first-order valence-electron chi connectivity index (χ1n) is 10.1. The second-order valence-electron chi connectivity index (χ2n) is 7.30. The van der Waals surface area contributed by atoms with Crippen LogP contribution in [-0.2, 0) is 14.3 Å². The summed E-state index contributed by atoms with van der Waals surface area (Å²) < 4.78 is 10.8. The van der Waals surface area contributed by atoms with E-state index >= 15 is 0 Å². The van der Waals surface area contributed by atoms with Crippen molar-refractivity contribution < 1.29 is 24.0 Å². The maximum atomic E-state index is 12.3. The maximum absolute atomic E-state index is 12.3. The first kappa shape index (κ1) is 21.9. The molecule has 1 aliphatic carbocycles. The highest BCUT2D eigenvalue weighted by Crippen LogP contribution is 2.28. The van der Waals surface area contributed by atoms with E-state index in [9.17, 15) is 19.7 Å². The first-order chi connectivity index (χ1) is 13.5. The number of hydrogen-bond acceptors (Lipinski definition) is 6. The second kappa shape index (κ2) is 11.4. The van der Waals surface area contributed by atoms with Crippen molar-refractivity contribution in [2.75, 3.05) is 0 Å². The van der Waals surface area contributed by atoms with Crippen LogP contribution in [0.1, 0.15) is 71.1 Å². The molecule has 1 fully saturated rings. The van der Waals surface area contributed by atoms with E-state index in [1.54, 1.807) is 0 Å². The molecule has 7 nitrogen and oxygen atoms in total. The highest BCUT2D eigenvalue weighted by Gasteiger charge is 2.29. The molecule has 0 saturated heterocycles. The minimum Gasteiger partial charge on any atom is -0.462 e. The average Bonchev–Trinajstić information content (AvgIpc) is 2.68. The normalized spacial score (nSPS) is 19.0. The third-order valence-corrected chi connectivity index (χ3v) is 5.06. The van der Waals surface area contributed by atoms with Crippen molar-refractivity contribution in [3.63, 3.8) is 0 Å². The van der Waals surface area contributed by atoms with E-state index in [1.807, 2.05) is 0 Å². The van der Waals surface area contributed by atoms with Crippen molar-refractivity contribution >= 4 is 17.6 Å². The molecule has 1 aromatic carbocycles. The van der Waals surface area contributed by atoms with Gasteiger partial charge >= 0.3 is 11.9 Å². The summed E-state index contributed by atoms with van der Waals surface area (Å²) in [6.45, 7) is 2.16. The number of non-ortho nitro benzene ring substituents is 1. The van der Waals surface area contributed by atoms with Gasteiger partial charge in [0, 0.05) is 18.6 Å². The van der Waals surface area contributed by atoms with Gasteiger partial charge in [-0.1, -0.05) is 32.6 Å². The number of esters is 2. The Hall–Kier alpha value is -2.44. The van der Waals surface area contributed by atoms with Crippen LogP contribution >= 0.6 is 0 Å². The topological polar surface area (TPSA) is 95.7 Å². The molecule has 0 N–H and O–H groups in total. The molecule has 1 aliphatic rings. The number of carbonyl (C=O) groups excluding carboxylic acids is 2. The van der Waals surface area contributed by atoms with Crippen LogP contribution in [0.2, 0.25) is 0 Å². The van der Waals surface area contributed by atoms with E-state index in [1.165, 1.54) is 37.1 Å². The number of rotatable bonds is 10. The number of ether oxygens (including phenoxy) is 2. The van der Waals surface area contributed by atoms with Crippen molar-refractivity contribution in [3.8, 4) is 5.75 Å². The lowest BCUT2D eigenvalue weighted by Crippen LogP contribution is -2.30. The fourth-order valence-corrected chi connectivity index (χ4v) is 3.37. The van der Waals surface area contributed by atoms with Crippen LogP contribution in [0.5, 0.6) is 5.75 Å². The zero-order valence-corrected chi connectivity index (χ0v) is 16.4. The molecule has 7 heteroatoms. The Labute approximate surface area is 165 Å². The number of carbonyl (C=O) groups is 2. The minimum atomic E-state index is -0.501. The predicted octanol–water partition coefficient (Wildman–Crippen LogP) is 4.96. The van der Waals surface area contributed by atoms with Crippen LogP contribution in [0, 0.1) is 16.0 Å². The number of benzene rings is 1. The summed E-state index contributed by atoms with van der Waals surface area (Å²) >= 11 is 0. The maximum Gasteiger partial charge on any atom is 0.314 e. The van der Waals surface area contributed by atoms with Crippen LogP contribution in [-0.4, -0.2) is 23.0 Å². The summed E-state index contributed by atoms with van der Waals surface area (Å²) in [5, 5.41) is 10.7. The van der Waals surface area contributed by atoms with Gasteiger partial charge in [0.15, 0.2) is 0 Å². The van der Waals surface area contributed by atoms with Crippen LogP contribution in [0.3, 0.4) is 0 Å². The lowest BCUT2D eigenvalue weighted by Gasteiger charge is -2.27. The first-order valence-corrected chi connectivity index (χ1v) is 10.1. The average molecular weight is 391 g/mol. The van der Waals surface area contributed by atoms with Crippen LogP contribution in [0.25, 0.3) is 0 Å². The summed E-state index contributed by atoms with van der Waals surface area (Å²) in [5.41, 5.74) is -0.0486. The van der Waals surface area contributed by atoms with Gasteiger partial charge in [-0.3, -0.25) is 19.7 Å². The molecular formula is C21H29NO6. The van der Waals surface area contributed by atoms with Gasteiger partial charge in [-0.05, 0) is 44.2 Å². The number of unbranched alkanes of at least 4 members (excludes halogenated alkanes) is 4. The van der Waals surface area contributed by atoms with Gasteiger partial charge in [0.25, 0.3) is 5.69 Å². The molecule has 0 aromatic heterocycles. The van der Waals surface area contributed by atoms with Crippen LogP contribution in [0.4, 0.5) is 5.69 Å². The zero-order valence-electron chi connectivity index (χ0n) is 16.4. The molecule has 1 saturated carbocycles. The fourth-order valence-electron chi connectivity index (χ4n) is 3.37. The van der Waals surface area contributed by atoms with Gasteiger partial charge in [-0.25, -0.2) is 0 Å². The summed E-state index contributed by atoms with van der Waals surface area (Å²) in [4.78, 5) is 34.3. The lowest BCUT2D eigenvalue weighted by atomic mass is 9.87. The number of nitro groups is 1. The lowest BCUT2D eigenvalue weighted by molar-refractivity contribution is -0.384. The molecule has 0 spiro atoms. The summed E-state index contributed by atoms with van der Waals surface area (Å²) in [5.74, 6) is -0.422. The number of nitro benzene ring substituents is 1. The van der Waals surface area contributed by atoms with Gasteiger partial charge in [0.05, 0.1) is 10.8 Å². The fraction of sp³-hybridized carbons (Fsp3) is 0.619. The van der Waals surface area contributed by atoms with E-state index in [0.29, 0.717) is 37.9 Å². The summed E-state index contributed by atoms with van der Waals surface area (Å²) in [7, 11) is 0. The van der Waals surface area contributed by atoms with Gasteiger partial charge in [-0.15, -0.1) is 0 Å². The molecule has 0 unspecified atom stereocenters. The van der Waals surface area contributed by atoms with Gasteiger partial charge < -0.3 is 9.47 Å². The predicted molar refractivity (Wildman–Crippen MR) is 104 cm³/mol. The molecule has 2 rings (SSSR count). The van der Waals surface area contributed by atoms with Gasteiger partial charge in [0.1, 0.15) is 11.9 Å². The SMILES string of the molecule is CCCCCCCC(=O)OC1CCC(C(=O)Oc2ccc([N+](=O)[O-])cc2)CC1. The van der Waals surface area contributed by atoms with Crippen molar-refractivity contribution in [3.05, 3.63) is 34.4 Å². The molecule has 1 aromatic rings. The van der Waals surface area contributed by atoms with E-state index < -0.39 is 4.92 Å². The second-order valence-corrected chi connectivity index (χ2v) is 7.30. The van der Waals surface area contributed by atoms with Crippen molar-refractivity contribution in [1.82, 2.24) is 0 Å². The molecule has 0 radical (unpaired) electrons. The highest BCUT2D eigenvalue weighted by atomic mass is 16.6. The number of hydrogen-bond donors (Lipinski definition) is 0. The molecule has 0 amide bonds. The third-order valence-electron chi connectivity index (χ3n) is 5.06. The quantitative estimate of drug-likeness (QED) is 0.184. The van der Waals surface area contributed by atoms with E-state index in [-0.39, 0.29) is 29.6 Å². The molecule has 0 bridgehead atoms. The largest absolute Gasteiger partial charge is 0.462 e. The number of nitrogens with zero attached hydrogens (tertiary/aromatic N) is 1. The molecule has 28 heavy (non-hydrogen) atoms. The van der Waals surface area contributed by atoms with E-state index in [0.717, 1.165) is 19.3 Å². The summed E-state index contributed by atoms with van der Waals surface area (Å²) in [6.07, 6.45) is 8.35. The highest BCUT2D eigenvalue weighted by molar-refractivity contribution is 5.75. The van der Waals surface area contributed by atoms with Crippen molar-refractivity contribution in [2.45, 2.75) is 77.2 Å².